The van der Waals surface area contributed by atoms with Gasteiger partial charge in [0.25, 0.3) is 0 Å². The van der Waals surface area contributed by atoms with Crippen LogP contribution >= 0.6 is 0 Å². The second-order valence-electron chi connectivity index (χ2n) is 7.62. The van der Waals surface area contributed by atoms with Crippen LogP contribution in [0, 0.1) is 5.41 Å². The number of nitrogens with one attached hydrogen (secondary N) is 1. The minimum Gasteiger partial charge on any atom is -0.313 e. The maximum Gasteiger partial charge on any atom is 0.0630 e. The van der Waals surface area contributed by atoms with Crippen molar-refractivity contribution in [2.24, 2.45) is 5.41 Å². The lowest BCUT2D eigenvalue weighted by Gasteiger charge is -2.29. The maximum atomic E-state index is 4.89. The summed E-state index contributed by atoms with van der Waals surface area (Å²) in [6, 6.07) is 3.72. The van der Waals surface area contributed by atoms with Crippen molar-refractivity contribution in [1.82, 2.24) is 15.1 Å². The molecule has 3 heteroatoms. The van der Waals surface area contributed by atoms with Gasteiger partial charge in [-0.2, -0.15) is 5.10 Å². The van der Waals surface area contributed by atoms with Gasteiger partial charge < -0.3 is 5.32 Å². The number of nitrogens with zero attached hydrogens (tertiary/aromatic N) is 2. The molecule has 3 nitrogen and oxygen atoms in total. The van der Waals surface area contributed by atoms with E-state index in [1.807, 2.05) is 0 Å². The predicted molar refractivity (Wildman–Crippen MR) is 87.5 cm³/mol. The minimum atomic E-state index is 0.353. The van der Waals surface area contributed by atoms with Gasteiger partial charge in [-0.15, -0.1) is 0 Å². The summed E-state index contributed by atoms with van der Waals surface area (Å²) in [6.45, 7) is 5.87. The topological polar surface area (TPSA) is 29.9 Å². The second-order valence-corrected chi connectivity index (χ2v) is 7.62. The monoisotopic (exact) mass is 289 g/mol. The molecule has 1 aromatic heterocycles. The van der Waals surface area contributed by atoms with Crippen LogP contribution < -0.4 is 5.32 Å². The van der Waals surface area contributed by atoms with E-state index in [0.29, 0.717) is 11.5 Å². The van der Waals surface area contributed by atoms with Crippen LogP contribution in [0.4, 0.5) is 0 Å². The average molecular weight is 289 g/mol. The van der Waals surface area contributed by atoms with Gasteiger partial charge in [0.05, 0.1) is 11.7 Å². The van der Waals surface area contributed by atoms with E-state index in [2.05, 4.69) is 36.1 Å². The van der Waals surface area contributed by atoms with Crippen molar-refractivity contribution < 1.29 is 0 Å². The Labute approximate surface area is 129 Å². The fourth-order valence-electron chi connectivity index (χ4n) is 3.80. The lowest BCUT2D eigenvalue weighted by molar-refractivity contribution is 0.270. The van der Waals surface area contributed by atoms with Gasteiger partial charge in [0, 0.05) is 18.8 Å². The summed E-state index contributed by atoms with van der Waals surface area (Å²) in [5, 5.41) is 8.62. The third kappa shape index (κ3) is 4.09. The highest BCUT2D eigenvalue weighted by Gasteiger charge is 2.29. The van der Waals surface area contributed by atoms with Gasteiger partial charge in [0.15, 0.2) is 0 Å². The summed E-state index contributed by atoms with van der Waals surface area (Å²) in [4.78, 5) is 0. The minimum absolute atomic E-state index is 0.353. The molecule has 1 unspecified atom stereocenters. The van der Waals surface area contributed by atoms with Crippen LogP contribution in [-0.2, 0) is 6.42 Å². The molecule has 0 aromatic carbocycles. The van der Waals surface area contributed by atoms with E-state index >= 15 is 0 Å². The smallest absolute Gasteiger partial charge is 0.0630 e. The number of rotatable bonds is 8. The third-order valence-electron chi connectivity index (χ3n) is 5.22. The Kier molecular flexibility index (Phi) is 4.68. The van der Waals surface area contributed by atoms with E-state index in [4.69, 9.17) is 5.10 Å². The van der Waals surface area contributed by atoms with Gasteiger partial charge in [-0.1, -0.05) is 33.1 Å². The molecule has 2 fully saturated rings. The first-order valence-electron chi connectivity index (χ1n) is 8.96. The SMILES string of the molecule is CCCC(C)(CNC1CC1)Cc1ccn(C2CCCC2)n1. The van der Waals surface area contributed by atoms with Crippen molar-refractivity contribution in [2.45, 2.75) is 83.7 Å². The van der Waals surface area contributed by atoms with Crippen molar-refractivity contribution in [3.8, 4) is 0 Å². The van der Waals surface area contributed by atoms with Gasteiger partial charge >= 0.3 is 0 Å². The van der Waals surface area contributed by atoms with Gasteiger partial charge in [0.1, 0.15) is 0 Å². The first kappa shape index (κ1) is 15.1. The van der Waals surface area contributed by atoms with Crippen molar-refractivity contribution in [2.75, 3.05) is 6.54 Å². The molecule has 0 bridgehead atoms. The Morgan fingerprint density at radius 3 is 2.71 bits per heavy atom. The molecule has 1 atom stereocenters. The first-order chi connectivity index (χ1) is 10.2. The quantitative estimate of drug-likeness (QED) is 0.781. The standard InChI is InChI=1S/C18H31N3/c1-3-11-18(2,14-19-15-8-9-15)13-16-10-12-21(20-16)17-6-4-5-7-17/h10,12,15,17,19H,3-9,11,13-14H2,1-2H3. The predicted octanol–water partition coefficient (Wildman–Crippen LogP) is 4.10. The summed E-state index contributed by atoms with van der Waals surface area (Å²) in [5.74, 6) is 0. The highest BCUT2D eigenvalue weighted by Crippen LogP contribution is 2.31. The van der Waals surface area contributed by atoms with Crippen LogP contribution in [0.5, 0.6) is 0 Å². The molecule has 1 aromatic rings. The fourth-order valence-corrected chi connectivity index (χ4v) is 3.80. The maximum absolute atomic E-state index is 4.89. The molecule has 0 aliphatic heterocycles. The van der Waals surface area contributed by atoms with E-state index in [1.165, 1.54) is 57.1 Å². The van der Waals surface area contributed by atoms with E-state index in [1.54, 1.807) is 0 Å². The summed E-state index contributed by atoms with van der Waals surface area (Å²) >= 11 is 0. The van der Waals surface area contributed by atoms with Crippen LogP contribution in [0.3, 0.4) is 0 Å². The summed E-state index contributed by atoms with van der Waals surface area (Å²) < 4.78 is 2.24. The van der Waals surface area contributed by atoms with Gasteiger partial charge in [-0.25, -0.2) is 0 Å². The number of hydrogen-bond donors (Lipinski definition) is 1. The van der Waals surface area contributed by atoms with Crippen LogP contribution in [0.25, 0.3) is 0 Å². The molecule has 118 valence electrons. The van der Waals surface area contributed by atoms with Gasteiger partial charge in [-0.05, 0) is 50.0 Å². The third-order valence-corrected chi connectivity index (χ3v) is 5.22. The Hall–Kier alpha value is -0.830. The Morgan fingerprint density at radius 1 is 1.29 bits per heavy atom. The molecule has 0 spiro atoms. The van der Waals surface area contributed by atoms with E-state index in [0.717, 1.165) is 19.0 Å². The summed E-state index contributed by atoms with van der Waals surface area (Å²) in [6.07, 6.45) is 14.0. The zero-order valence-corrected chi connectivity index (χ0v) is 13.8. The van der Waals surface area contributed by atoms with Crippen molar-refractivity contribution in [3.63, 3.8) is 0 Å². The zero-order chi connectivity index (χ0) is 14.7. The molecule has 21 heavy (non-hydrogen) atoms. The lowest BCUT2D eigenvalue weighted by atomic mass is 9.81. The lowest BCUT2D eigenvalue weighted by Crippen LogP contribution is -2.35. The Bertz CT molecular complexity index is 443. The first-order valence-corrected chi connectivity index (χ1v) is 8.96. The highest BCUT2D eigenvalue weighted by molar-refractivity contribution is 5.04. The molecule has 3 rings (SSSR count). The molecular formula is C18H31N3. The van der Waals surface area contributed by atoms with Crippen LogP contribution in [-0.4, -0.2) is 22.4 Å². The molecule has 2 aliphatic rings. The zero-order valence-electron chi connectivity index (χ0n) is 13.8. The molecule has 1 heterocycles. The Morgan fingerprint density at radius 2 is 2.05 bits per heavy atom. The highest BCUT2D eigenvalue weighted by atomic mass is 15.3. The van der Waals surface area contributed by atoms with E-state index in [-0.39, 0.29) is 0 Å². The normalized spacial score (nSPS) is 22.6. The summed E-state index contributed by atoms with van der Waals surface area (Å²) in [5.41, 5.74) is 1.64. The van der Waals surface area contributed by atoms with Crippen LogP contribution in [0.1, 0.15) is 76.9 Å². The van der Waals surface area contributed by atoms with Crippen molar-refractivity contribution >= 4 is 0 Å². The number of aromatic nitrogens is 2. The molecule has 0 amide bonds. The largest absolute Gasteiger partial charge is 0.313 e. The van der Waals surface area contributed by atoms with Crippen molar-refractivity contribution in [1.29, 1.82) is 0 Å². The number of hydrogen-bond acceptors (Lipinski definition) is 2. The van der Waals surface area contributed by atoms with E-state index < -0.39 is 0 Å². The van der Waals surface area contributed by atoms with Crippen LogP contribution in [0.15, 0.2) is 12.3 Å². The second kappa shape index (κ2) is 6.51. The van der Waals surface area contributed by atoms with Crippen molar-refractivity contribution in [3.05, 3.63) is 18.0 Å². The molecule has 0 radical (unpaired) electrons. The van der Waals surface area contributed by atoms with Gasteiger partial charge in [0.2, 0.25) is 0 Å². The fraction of sp³-hybridized carbons (Fsp3) is 0.833. The molecule has 0 saturated heterocycles. The summed E-state index contributed by atoms with van der Waals surface area (Å²) in [7, 11) is 0. The van der Waals surface area contributed by atoms with E-state index in [9.17, 15) is 0 Å². The Balaban J connectivity index is 1.60. The molecule has 2 aliphatic carbocycles. The average Bonchev–Trinajstić information content (AvgIpc) is 2.93. The van der Waals surface area contributed by atoms with Gasteiger partial charge in [-0.3, -0.25) is 4.68 Å². The van der Waals surface area contributed by atoms with Crippen LogP contribution in [0.2, 0.25) is 0 Å². The molecule has 2 saturated carbocycles. The molecule has 1 N–H and O–H groups in total. The molecular weight excluding hydrogens is 258 g/mol.